The van der Waals surface area contributed by atoms with Crippen LogP contribution in [-0.2, 0) is 16.0 Å². The minimum absolute atomic E-state index is 0.194. The Morgan fingerprint density at radius 3 is 3.17 bits per heavy atom. The van der Waals surface area contributed by atoms with Crippen LogP contribution >= 0.6 is 0 Å². The zero-order valence-electron chi connectivity index (χ0n) is 6.95. The lowest BCUT2D eigenvalue weighted by Crippen LogP contribution is -2.05. The van der Waals surface area contributed by atoms with E-state index >= 15 is 0 Å². The van der Waals surface area contributed by atoms with Gasteiger partial charge in [0.2, 0.25) is 0 Å². The molecule has 12 heavy (non-hydrogen) atoms. The molecular weight excluding hydrogens is 158 g/mol. The Labute approximate surface area is 70.5 Å². The molecule has 0 saturated carbocycles. The van der Waals surface area contributed by atoms with Gasteiger partial charge in [-0.15, -0.1) is 0 Å². The highest BCUT2D eigenvalue weighted by molar-refractivity contribution is 5.69. The largest absolute Gasteiger partial charge is 0.466 e. The molecule has 4 nitrogen and oxygen atoms in total. The van der Waals surface area contributed by atoms with Crippen molar-refractivity contribution in [2.24, 2.45) is 0 Å². The fraction of sp³-hybridized carbons (Fsp3) is 0.500. The third-order valence-corrected chi connectivity index (χ3v) is 1.38. The maximum Gasteiger partial charge on any atom is 0.306 e. The third-order valence-electron chi connectivity index (χ3n) is 1.38. The van der Waals surface area contributed by atoms with Crippen molar-refractivity contribution in [1.82, 2.24) is 5.16 Å². The van der Waals surface area contributed by atoms with Crippen LogP contribution in [0.2, 0.25) is 0 Å². The van der Waals surface area contributed by atoms with Crippen LogP contribution in [-0.4, -0.2) is 17.7 Å². The maximum absolute atomic E-state index is 10.9. The Kier molecular flexibility index (Phi) is 3.32. The van der Waals surface area contributed by atoms with E-state index in [1.807, 2.05) is 0 Å². The van der Waals surface area contributed by atoms with Crippen LogP contribution in [0.25, 0.3) is 0 Å². The van der Waals surface area contributed by atoms with Gasteiger partial charge in [0.1, 0.15) is 6.26 Å². The molecule has 1 aromatic heterocycles. The first kappa shape index (κ1) is 8.77. The molecule has 0 fully saturated rings. The number of ether oxygens (including phenoxy) is 1. The Balaban J connectivity index is 2.22. The average Bonchev–Trinajstić information content (AvgIpc) is 2.53. The van der Waals surface area contributed by atoms with Gasteiger partial charge in [0.15, 0.2) is 0 Å². The molecule has 0 radical (unpaired) electrons. The van der Waals surface area contributed by atoms with Gasteiger partial charge in [0.05, 0.1) is 18.7 Å². The number of esters is 1. The molecule has 0 unspecified atom stereocenters. The van der Waals surface area contributed by atoms with Crippen molar-refractivity contribution in [1.29, 1.82) is 0 Å². The number of carbonyl (C=O) groups is 1. The molecule has 1 aromatic rings. The van der Waals surface area contributed by atoms with E-state index in [-0.39, 0.29) is 5.97 Å². The predicted octanol–water partition coefficient (Wildman–Crippen LogP) is 1.17. The molecule has 0 saturated heterocycles. The van der Waals surface area contributed by atoms with Gasteiger partial charge in [-0.2, -0.15) is 0 Å². The number of nitrogens with zero attached hydrogens (tertiary/aromatic N) is 1. The Hall–Kier alpha value is -1.32. The minimum atomic E-state index is -0.194. The lowest BCUT2D eigenvalue weighted by Gasteiger charge is -1.98. The van der Waals surface area contributed by atoms with Crippen molar-refractivity contribution in [2.75, 3.05) is 6.61 Å². The lowest BCUT2D eigenvalue weighted by molar-refractivity contribution is -0.143. The van der Waals surface area contributed by atoms with Crippen molar-refractivity contribution in [3.05, 3.63) is 18.0 Å². The van der Waals surface area contributed by atoms with Crippen molar-refractivity contribution in [3.8, 4) is 0 Å². The first-order chi connectivity index (χ1) is 5.83. The van der Waals surface area contributed by atoms with E-state index in [1.165, 1.54) is 6.26 Å². The summed E-state index contributed by atoms with van der Waals surface area (Å²) < 4.78 is 9.35. The van der Waals surface area contributed by atoms with Gasteiger partial charge < -0.3 is 9.26 Å². The van der Waals surface area contributed by atoms with Gasteiger partial charge in [-0.3, -0.25) is 4.79 Å². The number of rotatable bonds is 4. The Bertz CT molecular complexity index is 230. The summed E-state index contributed by atoms with van der Waals surface area (Å²) in [4.78, 5) is 10.9. The van der Waals surface area contributed by atoms with E-state index in [2.05, 4.69) is 9.68 Å². The zero-order chi connectivity index (χ0) is 8.81. The fourth-order valence-corrected chi connectivity index (χ4v) is 0.830. The summed E-state index contributed by atoms with van der Waals surface area (Å²) in [5.74, 6) is -0.194. The van der Waals surface area contributed by atoms with Gasteiger partial charge in [0.25, 0.3) is 0 Å². The van der Waals surface area contributed by atoms with Gasteiger partial charge in [-0.25, -0.2) is 0 Å². The Morgan fingerprint density at radius 1 is 1.75 bits per heavy atom. The molecule has 0 N–H and O–H groups in total. The van der Waals surface area contributed by atoms with Crippen LogP contribution in [0.4, 0.5) is 0 Å². The zero-order valence-corrected chi connectivity index (χ0v) is 6.95. The van der Waals surface area contributed by atoms with Gasteiger partial charge in [-0.1, -0.05) is 5.16 Å². The van der Waals surface area contributed by atoms with Crippen LogP contribution in [0.3, 0.4) is 0 Å². The van der Waals surface area contributed by atoms with E-state index < -0.39 is 0 Å². The maximum atomic E-state index is 10.9. The standard InChI is InChI=1S/C8H11NO3/c1-2-11-8(10)4-3-7-5-6-12-9-7/h5-6H,2-4H2,1H3. The molecule has 1 heterocycles. The first-order valence-electron chi connectivity index (χ1n) is 3.88. The molecule has 1 rings (SSSR count). The summed E-state index contributed by atoms with van der Waals surface area (Å²) in [5.41, 5.74) is 0.781. The quantitative estimate of drug-likeness (QED) is 0.635. The summed E-state index contributed by atoms with van der Waals surface area (Å²) in [7, 11) is 0. The van der Waals surface area contributed by atoms with E-state index in [4.69, 9.17) is 4.74 Å². The number of aryl methyl sites for hydroxylation is 1. The highest BCUT2D eigenvalue weighted by atomic mass is 16.5. The van der Waals surface area contributed by atoms with Crippen molar-refractivity contribution >= 4 is 5.97 Å². The second-order valence-electron chi connectivity index (χ2n) is 2.30. The number of hydrogen-bond donors (Lipinski definition) is 0. The molecule has 66 valence electrons. The van der Waals surface area contributed by atoms with Crippen LogP contribution in [0.5, 0.6) is 0 Å². The summed E-state index contributed by atoms with van der Waals surface area (Å²) in [6.45, 7) is 2.21. The normalized spacial score (nSPS) is 9.75. The van der Waals surface area contributed by atoms with E-state index in [0.717, 1.165) is 5.69 Å². The second-order valence-corrected chi connectivity index (χ2v) is 2.30. The smallest absolute Gasteiger partial charge is 0.306 e. The van der Waals surface area contributed by atoms with E-state index in [9.17, 15) is 4.79 Å². The molecule has 0 aromatic carbocycles. The van der Waals surface area contributed by atoms with Crippen LogP contribution < -0.4 is 0 Å². The second kappa shape index (κ2) is 4.54. The van der Waals surface area contributed by atoms with Crippen molar-refractivity contribution in [2.45, 2.75) is 19.8 Å². The van der Waals surface area contributed by atoms with Crippen molar-refractivity contribution in [3.63, 3.8) is 0 Å². The summed E-state index contributed by atoms with van der Waals surface area (Å²) >= 11 is 0. The predicted molar refractivity (Wildman–Crippen MR) is 41.5 cm³/mol. The number of hydrogen-bond acceptors (Lipinski definition) is 4. The molecule has 0 bridgehead atoms. The van der Waals surface area contributed by atoms with Crippen molar-refractivity contribution < 1.29 is 14.1 Å². The molecule has 0 amide bonds. The number of aromatic nitrogens is 1. The average molecular weight is 169 g/mol. The third kappa shape index (κ3) is 2.74. The fourth-order valence-electron chi connectivity index (χ4n) is 0.830. The SMILES string of the molecule is CCOC(=O)CCc1ccon1. The minimum Gasteiger partial charge on any atom is -0.466 e. The van der Waals surface area contributed by atoms with Gasteiger partial charge >= 0.3 is 5.97 Å². The summed E-state index contributed by atoms with van der Waals surface area (Å²) in [6, 6.07) is 1.74. The molecule has 0 aliphatic carbocycles. The molecule has 0 spiro atoms. The van der Waals surface area contributed by atoms with Crippen LogP contribution in [0.15, 0.2) is 16.9 Å². The highest BCUT2D eigenvalue weighted by Gasteiger charge is 2.03. The first-order valence-corrected chi connectivity index (χ1v) is 3.88. The van der Waals surface area contributed by atoms with Crippen LogP contribution in [0, 0.1) is 0 Å². The number of carbonyl (C=O) groups excluding carboxylic acids is 1. The molecule has 0 aliphatic heterocycles. The summed E-state index contributed by atoms with van der Waals surface area (Å²) in [6.07, 6.45) is 2.43. The molecule has 4 heteroatoms. The molecule has 0 aliphatic rings. The van der Waals surface area contributed by atoms with Gasteiger partial charge in [-0.05, 0) is 6.92 Å². The monoisotopic (exact) mass is 169 g/mol. The molecular formula is C8H11NO3. The van der Waals surface area contributed by atoms with Gasteiger partial charge in [0, 0.05) is 12.5 Å². The summed E-state index contributed by atoms with van der Waals surface area (Å²) in [5, 5.41) is 3.67. The van der Waals surface area contributed by atoms with E-state index in [1.54, 1.807) is 13.0 Å². The van der Waals surface area contributed by atoms with E-state index in [0.29, 0.717) is 19.4 Å². The topological polar surface area (TPSA) is 52.3 Å². The Morgan fingerprint density at radius 2 is 2.58 bits per heavy atom. The molecule has 0 atom stereocenters. The highest BCUT2D eigenvalue weighted by Crippen LogP contribution is 1.99. The lowest BCUT2D eigenvalue weighted by atomic mass is 10.2. The van der Waals surface area contributed by atoms with Crippen LogP contribution in [0.1, 0.15) is 19.0 Å².